The average molecular weight is 313 g/mol. The van der Waals surface area contributed by atoms with Crippen LogP contribution in [-0.2, 0) is 4.79 Å². The number of carbonyl (C=O) groups excluding carboxylic acids is 1. The highest BCUT2D eigenvalue weighted by molar-refractivity contribution is 5.85. The minimum Gasteiger partial charge on any atom is -0.483 e. The Balaban J connectivity index is 0.00000220. The van der Waals surface area contributed by atoms with Gasteiger partial charge in [0, 0.05) is 19.1 Å². The Morgan fingerprint density at radius 3 is 2.62 bits per heavy atom. The van der Waals surface area contributed by atoms with Crippen molar-refractivity contribution in [3.8, 4) is 5.75 Å². The number of aryl methyl sites for hydroxylation is 2. The molecule has 1 aromatic rings. The summed E-state index contributed by atoms with van der Waals surface area (Å²) in [6.45, 7) is 5.80. The van der Waals surface area contributed by atoms with Gasteiger partial charge in [-0.25, -0.2) is 0 Å². The van der Waals surface area contributed by atoms with Gasteiger partial charge in [0.1, 0.15) is 5.75 Å². The lowest BCUT2D eigenvalue weighted by molar-refractivity contribution is -0.134. The SMILES string of the molecule is CNC1CCN(C(=O)COc2cc(C)ccc2C)CC1.Cl. The van der Waals surface area contributed by atoms with Gasteiger partial charge in [-0.15, -0.1) is 12.4 Å². The number of hydrogen-bond donors (Lipinski definition) is 1. The number of benzene rings is 1. The van der Waals surface area contributed by atoms with Gasteiger partial charge in [-0.2, -0.15) is 0 Å². The number of rotatable bonds is 4. The second kappa shape index (κ2) is 8.25. The van der Waals surface area contributed by atoms with E-state index in [9.17, 15) is 4.79 Å². The van der Waals surface area contributed by atoms with Gasteiger partial charge in [-0.05, 0) is 50.9 Å². The van der Waals surface area contributed by atoms with E-state index in [0.717, 1.165) is 42.8 Å². The number of hydrogen-bond acceptors (Lipinski definition) is 3. The van der Waals surface area contributed by atoms with Crippen molar-refractivity contribution in [2.24, 2.45) is 0 Å². The van der Waals surface area contributed by atoms with Crippen LogP contribution < -0.4 is 10.1 Å². The van der Waals surface area contributed by atoms with Crippen molar-refractivity contribution < 1.29 is 9.53 Å². The van der Waals surface area contributed by atoms with Gasteiger partial charge in [-0.1, -0.05) is 12.1 Å². The number of nitrogens with zero attached hydrogens (tertiary/aromatic N) is 1. The zero-order valence-electron chi connectivity index (χ0n) is 13.0. The number of likely N-dealkylation sites (tertiary alicyclic amines) is 1. The van der Waals surface area contributed by atoms with E-state index in [-0.39, 0.29) is 24.9 Å². The van der Waals surface area contributed by atoms with Gasteiger partial charge in [0.25, 0.3) is 5.91 Å². The normalized spacial score (nSPS) is 15.5. The average Bonchev–Trinajstić information content (AvgIpc) is 2.48. The fourth-order valence-electron chi connectivity index (χ4n) is 2.51. The van der Waals surface area contributed by atoms with Crippen molar-refractivity contribution in [2.45, 2.75) is 32.7 Å². The first kappa shape index (κ1) is 17.8. The first-order valence-electron chi connectivity index (χ1n) is 7.25. The first-order valence-corrected chi connectivity index (χ1v) is 7.25. The molecule has 0 spiro atoms. The molecule has 1 fully saturated rings. The Morgan fingerprint density at radius 2 is 2.00 bits per heavy atom. The zero-order valence-corrected chi connectivity index (χ0v) is 13.8. The Morgan fingerprint density at radius 1 is 1.33 bits per heavy atom. The van der Waals surface area contributed by atoms with Crippen molar-refractivity contribution in [2.75, 3.05) is 26.7 Å². The van der Waals surface area contributed by atoms with Crippen LogP contribution in [0.15, 0.2) is 18.2 Å². The topological polar surface area (TPSA) is 41.6 Å². The minimum absolute atomic E-state index is 0. The molecular formula is C16H25ClN2O2. The quantitative estimate of drug-likeness (QED) is 0.927. The maximum atomic E-state index is 12.1. The van der Waals surface area contributed by atoms with E-state index in [2.05, 4.69) is 5.32 Å². The molecule has 1 N–H and O–H groups in total. The van der Waals surface area contributed by atoms with Crippen LogP contribution in [0.5, 0.6) is 5.75 Å². The molecule has 2 rings (SSSR count). The lowest BCUT2D eigenvalue weighted by atomic mass is 10.1. The van der Waals surface area contributed by atoms with Crippen molar-refractivity contribution in [1.82, 2.24) is 10.2 Å². The van der Waals surface area contributed by atoms with Crippen LogP contribution in [0.2, 0.25) is 0 Å². The summed E-state index contributed by atoms with van der Waals surface area (Å²) in [4.78, 5) is 14.0. The number of halogens is 1. The highest BCUT2D eigenvalue weighted by atomic mass is 35.5. The van der Waals surface area contributed by atoms with Crippen molar-refractivity contribution >= 4 is 18.3 Å². The highest BCUT2D eigenvalue weighted by Gasteiger charge is 2.21. The van der Waals surface area contributed by atoms with Crippen molar-refractivity contribution in [1.29, 1.82) is 0 Å². The third kappa shape index (κ3) is 4.90. The summed E-state index contributed by atoms with van der Waals surface area (Å²) in [5.74, 6) is 0.893. The summed E-state index contributed by atoms with van der Waals surface area (Å²) in [5, 5.41) is 3.27. The van der Waals surface area contributed by atoms with E-state index in [1.54, 1.807) is 0 Å². The molecule has 1 aromatic carbocycles. The molecular weight excluding hydrogens is 288 g/mol. The van der Waals surface area contributed by atoms with Crippen LogP contribution in [0.4, 0.5) is 0 Å². The van der Waals surface area contributed by atoms with E-state index in [4.69, 9.17) is 4.74 Å². The van der Waals surface area contributed by atoms with Gasteiger partial charge < -0.3 is 15.0 Å². The summed E-state index contributed by atoms with van der Waals surface area (Å²) in [6, 6.07) is 6.59. The fraction of sp³-hybridized carbons (Fsp3) is 0.562. The molecule has 0 radical (unpaired) electrons. The molecule has 0 aromatic heterocycles. The Hall–Kier alpha value is -1.26. The number of ether oxygens (including phenoxy) is 1. The van der Waals surface area contributed by atoms with Crippen LogP contribution in [-0.4, -0.2) is 43.6 Å². The second-order valence-electron chi connectivity index (χ2n) is 5.50. The summed E-state index contributed by atoms with van der Waals surface area (Å²) >= 11 is 0. The van der Waals surface area contributed by atoms with Crippen LogP contribution in [0.25, 0.3) is 0 Å². The molecule has 0 unspecified atom stereocenters. The smallest absolute Gasteiger partial charge is 0.260 e. The number of amides is 1. The second-order valence-corrected chi connectivity index (χ2v) is 5.50. The molecule has 1 aliphatic rings. The third-order valence-electron chi connectivity index (χ3n) is 3.95. The van der Waals surface area contributed by atoms with Crippen LogP contribution in [0, 0.1) is 13.8 Å². The lowest BCUT2D eigenvalue weighted by Gasteiger charge is -2.31. The van der Waals surface area contributed by atoms with Gasteiger partial charge in [-0.3, -0.25) is 4.79 Å². The lowest BCUT2D eigenvalue weighted by Crippen LogP contribution is -2.45. The first-order chi connectivity index (χ1) is 9.60. The Labute approximate surface area is 133 Å². The Kier molecular flexibility index (Phi) is 6.99. The standard InChI is InChI=1S/C16H24N2O2.ClH/c1-12-4-5-13(2)15(10-12)20-11-16(19)18-8-6-14(17-3)7-9-18;/h4-5,10,14,17H,6-9,11H2,1-3H3;1H. The van der Waals surface area contributed by atoms with Gasteiger partial charge in [0.05, 0.1) is 0 Å². The molecule has 0 bridgehead atoms. The predicted molar refractivity (Wildman–Crippen MR) is 87.3 cm³/mol. The summed E-state index contributed by atoms with van der Waals surface area (Å²) in [7, 11) is 1.98. The maximum absolute atomic E-state index is 12.1. The maximum Gasteiger partial charge on any atom is 0.260 e. The van der Waals surface area contributed by atoms with Gasteiger partial charge in [0.15, 0.2) is 6.61 Å². The van der Waals surface area contributed by atoms with Crippen molar-refractivity contribution in [3.63, 3.8) is 0 Å². The third-order valence-corrected chi connectivity index (χ3v) is 3.95. The van der Waals surface area contributed by atoms with Crippen LogP contribution in [0.1, 0.15) is 24.0 Å². The number of piperidine rings is 1. The molecule has 5 heteroatoms. The van der Waals surface area contributed by atoms with Gasteiger partial charge in [0.2, 0.25) is 0 Å². The van der Waals surface area contributed by atoms with E-state index in [0.29, 0.717) is 6.04 Å². The monoisotopic (exact) mass is 312 g/mol. The Bertz CT molecular complexity index is 471. The predicted octanol–water partition coefficient (Wildman–Crippen LogP) is 2.31. The number of nitrogens with one attached hydrogen (secondary N) is 1. The van der Waals surface area contributed by atoms with Gasteiger partial charge >= 0.3 is 0 Å². The molecule has 1 aliphatic heterocycles. The summed E-state index contributed by atoms with van der Waals surface area (Å²) < 4.78 is 5.68. The fourth-order valence-corrected chi connectivity index (χ4v) is 2.51. The molecule has 4 nitrogen and oxygen atoms in total. The molecule has 1 saturated heterocycles. The van der Waals surface area contributed by atoms with Crippen LogP contribution >= 0.6 is 12.4 Å². The molecule has 118 valence electrons. The molecule has 1 heterocycles. The summed E-state index contributed by atoms with van der Waals surface area (Å²) in [6.07, 6.45) is 2.04. The van der Waals surface area contributed by atoms with E-state index in [1.807, 2.05) is 44.0 Å². The number of carbonyl (C=O) groups is 1. The largest absolute Gasteiger partial charge is 0.483 e. The minimum atomic E-state index is 0. The molecule has 0 atom stereocenters. The zero-order chi connectivity index (χ0) is 14.5. The van der Waals surface area contributed by atoms with Crippen LogP contribution in [0.3, 0.4) is 0 Å². The molecule has 0 aliphatic carbocycles. The van der Waals surface area contributed by atoms with E-state index in [1.165, 1.54) is 0 Å². The highest BCUT2D eigenvalue weighted by Crippen LogP contribution is 2.19. The van der Waals surface area contributed by atoms with Crippen molar-refractivity contribution in [3.05, 3.63) is 29.3 Å². The molecule has 1 amide bonds. The molecule has 21 heavy (non-hydrogen) atoms. The van der Waals surface area contributed by atoms with E-state index >= 15 is 0 Å². The summed E-state index contributed by atoms with van der Waals surface area (Å²) in [5.41, 5.74) is 2.21. The van der Waals surface area contributed by atoms with E-state index < -0.39 is 0 Å². The molecule has 0 saturated carbocycles.